The Morgan fingerprint density at radius 1 is 1.15 bits per heavy atom. The van der Waals surface area contributed by atoms with Gasteiger partial charge in [0, 0.05) is 12.1 Å². The minimum Gasteiger partial charge on any atom is -0.497 e. The predicted octanol–water partition coefficient (Wildman–Crippen LogP) is 4.44. The highest BCUT2D eigenvalue weighted by Crippen LogP contribution is 2.31. The number of ether oxygens (including phenoxy) is 3. The van der Waals surface area contributed by atoms with E-state index in [2.05, 4.69) is 52.5 Å². The average molecular weight is 464 g/mol. The third-order valence-corrected chi connectivity index (χ3v) is 6.19. The third-order valence-electron chi connectivity index (χ3n) is 6.19. The molecular weight excluding hydrogens is 430 g/mol. The number of methoxy groups -OCH3 is 1. The maximum Gasteiger partial charge on any atom is 0.239 e. The van der Waals surface area contributed by atoms with Gasteiger partial charge in [-0.2, -0.15) is 0 Å². The molecule has 0 unspecified atom stereocenters. The molecule has 3 aromatic rings. The van der Waals surface area contributed by atoms with Gasteiger partial charge in [0.2, 0.25) is 5.91 Å². The minimum absolute atomic E-state index is 0.0544. The molecular formula is C27H33N3O4. The van der Waals surface area contributed by atoms with Crippen molar-refractivity contribution in [3.05, 3.63) is 66.4 Å². The van der Waals surface area contributed by atoms with Crippen molar-refractivity contribution in [3.8, 4) is 5.75 Å². The number of hydrogen-bond donors (Lipinski definition) is 1. The lowest BCUT2D eigenvalue weighted by Gasteiger charge is -2.31. The second-order valence-corrected chi connectivity index (χ2v) is 8.50. The van der Waals surface area contributed by atoms with Gasteiger partial charge in [-0.05, 0) is 66.5 Å². The second kappa shape index (κ2) is 11.9. The van der Waals surface area contributed by atoms with Crippen LogP contribution in [0.4, 0.5) is 5.82 Å². The lowest BCUT2D eigenvalue weighted by molar-refractivity contribution is -0.190. The number of benzene rings is 2. The van der Waals surface area contributed by atoms with Gasteiger partial charge in [-0.25, -0.2) is 4.98 Å². The number of rotatable bonds is 10. The molecule has 1 saturated heterocycles. The quantitative estimate of drug-likeness (QED) is 0.479. The standard InChI is InChI=1S/C27H33N3O4/c1-3-30(17-26(31)29-25-10-4-5-14-28-25)15-7-11-27-33-18-21(19-34-27)23-9-6-8-20-16-22(32-2)12-13-24(20)23/h4-6,8-10,12-14,16,21,27H,3,7,11,15,17-19H2,1-2H3,(H,28,29,31). The summed E-state index contributed by atoms with van der Waals surface area (Å²) in [6, 6.07) is 18.0. The lowest BCUT2D eigenvalue weighted by atomic mass is 9.94. The zero-order valence-corrected chi connectivity index (χ0v) is 19.9. The van der Waals surface area contributed by atoms with Crippen LogP contribution in [-0.4, -0.2) is 62.0 Å². The smallest absolute Gasteiger partial charge is 0.239 e. The van der Waals surface area contributed by atoms with Crippen molar-refractivity contribution in [2.45, 2.75) is 32.0 Å². The Bertz CT molecular complexity index is 1070. The van der Waals surface area contributed by atoms with Gasteiger partial charge in [-0.3, -0.25) is 9.69 Å². The van der Waals surface area contributed by atoms with Gasteiger partial charge in [0.1, 0.15) is 11.6 Å². The van der Waals surface area contributed by atoms with Gasteiger partial charge >= 0.3 is 0 Å². The van der Waals surface area contributed by atoms with Crippen LogP contribution in [0.5, 0.6) is 5.75 Å². The maximum atomic E-state index is 12.3. The summed E-state index contributed by atoms with van der Waals surface area (Å²) in [5.74, 6) is 1.58. The van der Waals surface area contributed by atoms with Gasteiger partial charge in [0.05, 0.1) is 26.9 Å². The van der Waals surface area contributed by atoms with E-state index in [1.165, 1.54) is 10.9 Å². The summed E-state index contributed by atoms with van der Waals surface area (Å²) in [4.78, 5) is 18.6. The van der Waals surface area contributed by atoms with Gasteiger partial charge in [-0.15, -0.1) is 0 Å². The molecule has 1 aliphatic rings. The number of nitrogens with zero attached hydrogens (tertiary/aromatic N) is 2. The molecule has 0 bridgehead atoms. The van der Waals surface area contributed by atoms with E-state index in [0.717, 1.165) is 37.1 Å². The molecule has 0 aliphatic carbocycles. The molecule has 180 valence electrons. The van der Waals surface area contributed by atoms with E-state index in [1.54, 1.807) is 19.4 Å². The van der Waals surface area contributed by atoms with Gasteiger partial charge in [-0.1, -0.05) is 37.3 Å². The molecule has 2 aromatic carbocycles. The highest BCUT2D eigenvalue weighted by Gasteiger charge is 2.25. The molecule has 7 heteroatoms. The molecule has 0 atom stereocenters. The second-order valence-electron chi connectivity index (χ2n) is 8.50. The van der Waals surface area contributed by atoms with Crippen molar-refractivity contribution in [1.82, 2.24) is 9.88 Å². The number of aromatic nitrogens is 1. The van der Waals surface area contributed by atoms with E-state index in [-0.39, 0.29) is 18.1 Å². The summed E-state index contributed by atoms with van der Waals surface area (Å²) in [7, 11) is 1.69. The van der Waals surface area contributed by atoms with E-state index in [1.807, 2.05) is 18.2 Å². The van der Waals surface area contributed by atoms with Crippen molar-refractivity contribution >= 4 is 22.5 Å². The number of pyridine rings is 1. The van der Waals surface area contributed by atoms with Crippen LogP contribution in [0, 0.1) is 0 Å². The Balaban J connectivity index is 1.22. The largest absolute Gasteiger partial charge is 0.497 e. The Morgan fingerprint density at radius 3 is 2.74 bits per heavy atom. The van der Waals surface area contributed by atoms with Crippen LogP contribution in [0.25, 0.3) is 10.8 Å². The summed E-state index contributed by atoms with van der Waals surface area (Å²) in [6.07, 6.45) is 3.16. The fourth-order valence-corrected chi connectivity index (χ4v) is 4.31. The van der Waals surface area contributed by atoms with E-state index >= 15 is 0 Å². The highest BCUT2D eigenvalue weighted by atomic mass is 16.7. The first-order valence-electron chi connectivity index (χ1n) is 11.9. The number of anilines is 1. The van der Waals surface area contributed by atoms with Crippen molar-refractivity contribution in [2.24, 2.45) is 0 Å². The molecule has 4 rings (SSSR count). The van der Waals surface area contributed by atoms with Crippen molar-refractivity contribution in [3.63, 3.8) is 0 Å². The first-order chi connectivity index (χ1) is 16.7. The highest BCUT2D eigenvalue weighted by molar-refractivity contribution is 5.91. The number of fused-ring (bicyclic) bond motifs is 1. The monoisotopic (exact) mass is 463 g/mol. The van der Waals surface area contributed by atoms with Crippen LogP contribution in [-0.2, 0) is 14.3 Å². The number of carbonyl (C=O) groups excluding carboxylic acids is 1. The molecule has 1 aromatic heterocycles. The molecule has 1 amide bonds. The van der Waals surface area contributed by atoms with E-state index in [9.17, 15) is 4.79 Å². The van der Waals surface area contributed by atoms with E-state index in [4.69, 9.17) is 14.2 Å². The van der Waals surface area contributed by atoms with Crippen molar-refractivity contribution < 1.29 is 19.0 Å². The Kier molecular flexibility index (Phi) is 8.46. The number of nitrogens with one attached hydrogen (secondary N) is 1. The van der Waals surface area contributed by atoms with Crippen LogP contribution >= 0.6 is 0 Å². The Labute approximate surface area is 201 Å². The normalized spacial score (nSPS) is 18.2. The fourth-order valence-electron chi connectivity index (χ4n) is 4.31. The fraction of sp³-hybridized carbons (Fsp3) is 0.407. The molecule has 7 nitrogen and oxygen atoms in total. The molecule has 1 N–H and O–H groups in total. The average Bonchev–Trinajstić information content (AvgIpc) is 2.88. The number of carbonyl (C=O) groups is 1. The molecule has 2 heterocycles. The van der Waals surface area contributed by atoms with Gasteiger partial charge < -0.3 is 19.5 Å². The zero-order valence-electron chi connectivity index (χ0n) is 19.9. The van der Waals surface area contributed by atoms with Crippen LogP contribution in [0.3, 0.4) is 0 Å². The molecule has 1 fully saturated rings. The predicted molar refractivity (Wildman–Crippen MR) is 133 cm³/mol. The van der Waals surface area contributed by atoms with E-state index < -0.39 is 0 Å². The lowest BCUT2D eigenvalue weighted by Crippen LogP contribution is -2.35. The first kappa shape index (κ1) is 24.1. The van der Waals surface area contributed by atoms with Gasteiger partial charge in [0.25, 0.3) is 0 Å². The molecule has 0 saturated carbocycles. The third kappa shape index (κ3) is 6.32. The van der Waals surface area contributed by atoms with E-state index in [0.29, 0.717) is 25.6 Å². The maximum absolute atomic E-state index is 12.3. The number of likely N-dealkylation sites (N-methyl/N-ethyl adjacent to an activating group) is 1. The molecule has 34 heavy (non-hydrogen) atoms. The summed E-state index contributed by atoms with van der Waals surface area (Å²) in [5.41, 5.74) is 1.25. The Hall–Kier alpha value is -3.00. The van der Waals surface area contributed by atoms with Crippen molar-refractivity contribution in [1.29, 1.82) is 0 Å². The zero-order chi connectivity index (χ0) is 23.8. The topological polar surface area (TPSA) is 72.9 Å². The summed E-state index contributed by atoms with van der Waals surface area (Å²) < 4.78 is 17.5. The van der Waals surface area contributed by atoms with Crippen LogP contribution in [0.2, 0.25) is 0 Å². The van der Waals surface area contributed by atoms with Gasteiger partial charge in [0.15, 0.2) is 6.29 Å². The Morgan fingerprint density at radius 2 is 2.00 bits per heavy atom. The minimum atomic E-state index is -0.202. The molecule has 0 radical (unpaired) electrons. The molecule has 1 aliphatic heterocycles. The summed E-state index contributed by atoms with van der Waals surface area (Å²) in [5, 5.41) is 5.21. The first-order valence-corrected chi connectivity index (χ1v) is 11.9. The molecule has 0 spiro atoms. The van der Waals surface area contributed by atoms with Crippen LogP contribution < -0.4 is 10.1 Å². The summed E-state index contributed by atoms with van der Waals surface area (Å²) in [6.45, 7) is 5.29. The van der Waals surface area contributed by atoms with Crippen LogP contribution in [0.1, 0.15) is 31.2 Å². The summed E-state index contributed by atoms with van der Waals surface area (Å²) >= 11 is 0. The van der Waals surface area contributed by atoms with Crippen molar-refractivity contribution in [2.75, 3.05) is 45.3 Å². The van der Waals surface area contributed by atoms with Crippen LogP contribution in [0.15, 0.2) is 60.8 Å². The number of amides is 1. The number of hydrogen-bond acceptors (Lipinski definition) is 6. The SMILES string of the molecule is CCN(CCCC1OCC(c2cccc3cc(OC)ccc23)CO1)CC(=O)Nc1ccccn1.